The topological polar surface area (TPSA) is 158 Å². The molecule has 2 aromatic heterocycles. The molecule has 0 saturated heterocycles. The third kappa shape index (κ3) is 3.77. The van der Waals surface area contributed by atoms with Gasteiger partial charge in [-0.1, -0.05) is 42.5 Å². The number of nitrogens with one attached hydrogen (secondary N) is 2. The Morgan fingerprint density at radius 1 is 1.13 bits per heavy atom. The number of rotatable bonds is 5. The molecule has 10 heteroatoms. The first-order valence-corrected chi connectivity index (χ1v) is 9.93. The van der Waals surface area contributed by atoms with Crippen LogP contribution in [0.25, 0.3) is 21.5 Å². The Hall–Kier alpha value is -4.02. The van der Waals surface area contributed by atoms with E-state index in [1.54, 1.807) is 17.5 Å². The molecule has 4 aromatic rings. The van der Waals surface area contributed by atoms with Crippen molar-refractivity contribution >= 4 is 39.7 Å². The highest BCUT2D eigenvalue weighted by Crippen LogP contribution is 2.32. The van der Waals surface area contributed by atoms with Gasteiger partial charge >= 0.3 is 5.97 Å². The van der Waals surface area contributed by atoms with Gasteiger partial charge in [-0.2, -0.15) is 0 Å². The van der Waals surface area contributed by atoms with Crippen molar-refractivity contribution in [3.05, 3.63) is 75.5 Å². The Bertz CT molecular complexity index is 1370. The minimum Gasteiger partial charge on any atom is -0.501 e. The number of nitrogens with zero attached hydrogens (tertiary/aromatic N) is 1. The van der Waals surface area contributed by atoms with E-state index in [9.17, 15) is 19.5 Å². The maximum absolute atomic E-state index is 12.9. The van der Waals surface area contributed by atoms with E-state index in [1.807, 2.05) is 36.4 Å². The van der Waals surface area contributed by atoms with Crippen LogP contribution in [0.3, 0.4) is 0 Å². The van der Waals surface area contributed by atoms with Gasteiger partial charge in [-0.3, -0.25) is 9.59 Å². The van der Waals surface area contributed by atoms with Crippen LogP contribution in [0, 0.1) is 0 Å². The Balaban J connectivity index is 1.67. The van der Waals surface area contributed by atoms with Crippen molar-refractivity contribution in [2.24, 2.45) is 5.73 Å². The molecule has 31 heavy (non-hydrogen) atoms. The van der Waals surface area contributed by atoms with Crippen molar-refractivity contribution in [1.29, 1.82) is 0 Å². The van der Waals surface area contributed by atoms with Crippen molar-refractivity contribution in [2.45, 2.75) is 6.04 Å². The molecule has 0 aliphatic heterocycles. The van der Waals surface area contributed by atoms with Crippen LogP contribution in [0.2, 0.25) is 0 Å². The molecule has 0 bridgehead atoms. The number of aromatic carboxylic acids is 1. The summed E-state index contributed by atoms with van der Waals surface area (Å²) in [6.45, 7) is 0. The van der Waals surface area contributed by atoms with Gasteiger partial charge in [0.25, 0.3) is 5.56 Å². The molecule has 0 spiro atoms. The second-order valence-electron chi connectivity index (χ2n) is 6.62. The zero-order valence-corrected chi connectivity index (χ0v) is 16.6. The summed E-state index contributed by atoms with van der Waals surface area (Å²) < 4.78 is 0. The lowest BCUT2D eigenvalue weighted by molar-refractivity contribution is -0.117. The van der Waals surface area contributed by atoms with Gasteiger partial charge < -0.3 is 26.2 Å². The van der Waals surface area contributed by atoms with E-state index in [1.165, 1.54) is 0 Å². The standard InChI is InChI=1S/C21H16N4O5S/c22-14(12-7-3-5-10-4-1-2-6-11(10)12)19(27)23-13-8-9-31-17(13)18-24-15(21(29)30)16(26)20(28)25-18/h1-9,14,26H,22H2,(H,23,27)(H,29,30)(H,24,25,28). The van der Waals surface area contributed by atoms with Gasteiger partial charge in [0.2, 0.25) is 11.7 Å². The summed E-state index contributed by atoms with van der Waals surface area (Å²) in [4.78, 5) is 42.5. The molecule has 1 atom stereocenters. The lowest BCUT2D eigenvalue weighted by atomic mass is 9.99. The van der Waals surface area contributed by atoms with Gasteiger partial charge in [-0.15, -0.1) is 11.3 Å². The molecular formula is C21H16N4O5S. The van der Waals surface area contributed by atoms with Crippen molar-refractivity contribution in [2.75, 3.05) is 5.32 Å². The summed E-state index contributed by atoms with van der Waals surface area (Å²) in [6.07, 6.45) is 0. The van der Waals surface area contributed by atoms with E-state index < -0.39 is 34.9 Å². The quantitative estimate of drug-likeness (QED) is 0.322. The largest absolute Gasteiger partial charge is 0.501 e. The highest BCUT2D eigenvalue weighted by atomic mass is 32.1. The minimum absolute atomic E-state index is 0.0933. The van der Waals surface area contributed by atoms with Gasteiger partial charge in [0.1, 0.15) is 6.04 Å². The maximum atomic E-state index is 12.9. The number of thiophene rings is 1. The van der Waals surface area contributed by atoms with Crippen LogP contribution in [0.15, 0.2) is 58.7 Å². The molecular weight excluding hydrogens is 420 g/mol. The molecule has 1 amide bonds. The number of carboxylic acids is 1. The average Bonchev–Trinajstić information content (AvgIpc) is 3.22. The van der Waals surface area contributed by atoms with Gasteiger partial charge in [0, 0.05) is 0 Å². The lowest BCUT2D eigenvalue weighted by Gasteiger charge is -2.15. The number of amides is 1. The van der Waals surface area contributed by atoms with E-state index in [4.69, 9.17) is 10.8 Å². The number of hydrogen-bond donors (Lipinski definition) is 5. The molecule has 156 valence electrons. The van der Waals surface area contributed by atoms with E-state index in [0.29, 0.717) is 16.1 Å². The number of aromatic amines is 1. The number of H-pyrrole nitrogens is 1. The van der Waals surface area contributed by atoms with Crippen molar-refractivity contribution in [1.82, 2.24) is 9.97 Å². The first-order chi connectivity index (χ1) is 14.9. The molecule has 0 aliphatic rings. The summed E-state index contributed by atoms with van der Waals surface area (Å²) in [6, 6.07) is 13.7. The number of nitrogens with two attached hydrogens (primary N) is 1. The van der Waals surface area contributed by atoms with E-state index >= 15 is 0 Å². The number of carbonyl (C=O) groups excluding carboxylic acids is 1. The summed E-state index contributed by atoms with van der Waals surface area (Å²) in [5, 5.41) is 24.9. The molecule has 4 rings (SSSR count). The van der Waals surface area contributed by atoms with Crippen LogP contribution in [-0.4, -0.2) is 32.1 Å². The number of carbonyl (C=O) groups is 2. The van der Waals surface area contributed by atoms with Crippen LogP contribution in [-0.2, 0) is 4.79 Å². The summed E-state index contributed by atoms with van der Waals surface area (Å²) in [5.74, 6) is -3.12. The summed E-state index contributed by atoms with van der Waals surface area (Å²) >= 11 is 1.13. The monoisotopic (exact) mass is 436 g/mol. The van der Waals surface area contributed by atoms with Crippen molar-refractivity contribution in [3.63, 3.8) is 0 Å². The third-order valence-electron chi connectivity index (χ3n) is 4.68. The number of anilines is 1. The number of hydrogen-bond acceptors (Lipinski definition) is 7. The number of aromatic hydroxyl groups is 1. The molecule has 0 radical (unpaired) electrons. The fourth-order valence-corrected chi connectivity index (χ4v) is 3.98. The maximum Gasteiger partial charge on any atom is 0.358 e. The predicted octanol–water partition coefficient (Wildman–Crippen LogP) is 2.69. The smallest absolute Gasteiger partial charge is 0.358 e. The normalized spacial score (nSPS) is 11.9. The number of carboxylic acid groups (broad SMARTS) is 1. The predicted molar refractivity (Wildman–Crippen MR) is 116 cm³/mol. The highest BCUT2D eigenvalue weighted by molar-refractivity contribution is 7.14. The van der Waals surface area contributed by atoms with Crippen LogP contribution in [0.5, 0.6) is 5.75 Å². The van der Waals surface area contributed by atoms with Gasteiger partial charge in [0.05, 0.1) is 10.6 Å². The van der Waals surface area contributed by atoms with Crippen LogP contribution in [0.4, 0.5) is 5.69 Å². The Labute approximate surface area is 178 Å². The van der Waals surface area contributed by atoms with Crippen molar-refractivity contribution in [3.8, 4) is 16.5 Å². The average molecular weight is 436 g/mol. The molecule has 1 unspecified atom stereocenters. The second kappa shape index (κ2) is 8.01. The number of fused-ring (bicyclic) bond motifs is 1. The van der Waals surface area contributed by atoms with E-state index in [2.05, 4.69) is 15.3 Å². The molecule has 0 aliphatic carbocycles. The molecule has 9 nitrogen and oxygen atoms in total. The zero-order chi connectivity index (χ0) is 22.1. The minimum atomic E-state index is -1.55. The Kier molecular flexibility index (Phi) is 5.24. The summed E-state index contributed by atoms with van der Waals surface area (Å²) in [7, 11) is 0. The zero-order valence-electron chi connectivity index (χ0n) is 15.8. The van der Waals surface area contributed by atoms with E-state index in [0.717, 1.165) is 22.1 Å². The van der Waals surface area contributed by atoms with Gasteiger partial charge in [-0.05, 0) is 27.8 Å². The highest BCUT2D eigenvalue weighted by Gasteiger charge is 2.22. The lowest BCUT2D eigenvalue weighted by Crippen LogP contribution is -2.28. The van der Waals surface area contributed by atoms with Gasteiger partial charge in [0.15, 0.2) is 11.5 Å². The molecule has 2 aromatic carbocycles. The van der Waals surface area contributed by atoms with Crippen LogP contribution in [0.1, 0.15) is 22.1 Å². The third-order valence-corrected chi connectivity index (χ3v) is 5.60. The number of benzene rings is 2. The Morgan fingerprint density at radius 3 is 2.65 bits per heavy atom. The fourth-order valence-electron chi connectivity index (χ4n) is 3.19. The molecule has 6 N–H and O–H groups in total. The number of aromatic nitrogens is 2. The van der Waals surface area contributed by atoms with Crippen LogP contribution >= 0.6 is 11.3 Å². The SMILES string of the molecule is NC(C(=O)Nc1ccsc1-c1nc(C(=O)O)c(O)c(=O)[nH]1)c1cccc2ccccc12. The summed E-state index contributed by atoms with van der Waals surface area (Å²) in [5.41, 5.74) is 5.40. The van der Waals surface area contributed by atoms with Crippen molar-refractivity contribution < 1.29 is 19.8 Å². The van der Waals surface area contributed by atoms with Gasteiger partial charge in [-0.25, -0.2) is 9.78 Å². The fraction of sp³-hybridized carbons (Fsp3) is 0.0476. The second-order valence-corrected chi connectivity index (χ2v) is 7.53. The Morgan fingerprint density at radius 2 is 1.87 bits per heavy atom. The molecule has 0 fully saturated rings. The molecule has 2 heterocycles. The van der Waals surface area contributed by atoms with E-state index in [-0.39, 0.29) is 5.82 Å². The van der Waals surface area contributed by atoms with Crippen LogP contribution < -0.4 is 16.6 Å². The first-order valence-electron chi connectivity index (χ1n) is 9.05. The molecule has 0 saturated carbocycles. The first kappa shape index (κ1) is 20.3.